The van der Waals surface area contributed by atoms with Crippen molar-refractivity contribution >= 4 is 24.2 Å². The molecule has 1 fully saturated rings. The number of carbonyl (C=O) groups is 2. The van der Waals surface area contributed by atoms with Crippen LogP contribution < -0.4 is 10.6 Å². The fraction of sp³-hybridized carbons (Fsp3) is 0.500. The van der Waals surface area contributed by atoms with Crippen LogP contribution in [0.3, 0.4) is 0 Å². The molecule has 0 spiro atoms. The molecule has 0 radical (unpaired) electrons. The number of halogens is 1. The van der Waals surface area contributed by atoms with Gasteiger partial charge in [-0.2, -0.15) is 0 Å². The van der Waals surface area contributed by atoms with Gasteiger partial charge >= 0.3 is 0 Å². The smallest absolute Gasteiger partial charge is 0.225 e. The summed E-state index contributed by atoms with van der Waals surface area (Å²) in [5.74, 6) is -0.0309. The third-order valence-electron chi connectivity index (χ3n) is 3.78. The normalized spacial score (nSPS) is 19.0. The van der Waals surface area contributed by atoms with Gasteiger partial charge in [0.2, 0.25) is 11.8 Å². The van der Waals surface area contributed by atoms with Crippen molar-refractivity contribution in [3.05, 3.63) is 35.9 Å². The fourth-order valence-electron chi connectivity index (χ4n) is 2.69. The summed E-state index contributed by atoms with van der Waals surface area (Å²) in [5.41, 5.74) is 0.962. The first-order valence-electron chi connectivity index (χ1n) is 7.40. The fourth-order valence-corrected chi connectivity index (χ4v) is 2.69. The van der Waals surface area contributed by atoms with Gasteiger partial charge < -0.3 is 15.5 Å². The average molecular weight is 326 g/mol. The summed E-state index contributed by atoms with van der Waals surface area (Å²) in [6, 6.07) is 9.57. The summed E-state index contributed by atoms with van der Waals surface area (Å²) in [7, 11) is 0. The Morgan fingerprint density at radius 1 is 1.36 bits per heavy atom. The molecule has 0 aromatic heterocycles. The molecule has 1 aromatic rings. The van der Waals surface area contributed by atoms with Crippen LogP contribution in [0.2, 0.25) is 0 Å². The third-order valence-corrected chi connectivity index (χ3v) is 3.78. The van der Waals surface area contributed by atoms with E-state index in [0.29, 0.717) is 6.42 Å². The molecule has 2 amide bonds. The van der Waals surface area contributed by atoms with Crippen LogP contribution in [0.1, 0.15) is 31.9 Å². The van der Waals surface area contributed by atoms with Crippen LogP contribution in [0.25, 0.3) is 0 Å². The molecule has 0 aliphatic carbocycles. The van der Waals surface area contributed by atoms with Crippen molar-refractivity contribution in [3.8, 4) is 0 Å². The Balaban J connectivity index is 0.00000242. The lowest BCUT2D eigenvalue weighted by molar-refractivity contribution is -0.134. The van der Waals surface area contributed by atoms with Gasteiger partial charge in [-0.1, -0.05) is 30.3 Å². The SMILES string of the molecule is CC(=O)NC(CC(=O)N1CCNC[C@H]1C)c1ccccc1.Cl. The Morgan fingerprint density at radius 3 is 2.64 bits per heavy atom. The van der Waals surface area contributed by atoms with Crippen molar-refractivity contribution in [1.82, 2.24) is 15.5 Å². The van der Waals surface area contributed by atoms with Gasteiger partial charge in [-0.25, -0.2) is 0 Å². The molecule has 22 heavy (non-hydrogen) atoms. The van der Waals surface area contributed by atoms with E-state index in [4.69, 9.17) is 0 Å². The molecule has 122 valence electrons. The van der Waals surface area contributed by atoms with Gasteiger partial charge in [0.1, 0.15) is 0 Å². The summed E-state index contributed by atoms with van der Waals surface area (Å²) in [6.07, 6.45) is 0.300. The molecule has 1 saturated heterocycles. The minimum absolute atomic E-state index is 0. The van der Waals surface area contributed by atoms with Crippen molar-refractivity contribution in [3.63, 3.8) is 0 Å². The molecule has 1 aliphatic heterocycles. The number of amides is 2. The first kappa shape index (κ1) is 18.5. The zero-order chi connectivity index (χ0) is 15.2. The average Bonchev–Trinajstić information content (AvgIpc) is 2.47. The van der Waals surface area contributed by atoms with Crippen LogP contribution >= 0.6 is 12.4 Å². The number of benzene rings is 1. The predicted molar refractivity (Wildman–Crippen MR) is 88.9 cm³/mol. The molecule has 1 unspecified atom stereocenters. The Labute approximate surface area is 137 Å². The van der Waals surface area contributed by atoms with Gasteiger partial charge in [-0.05, 0) is 12.5 Å². The van der Waals surface area contributed by atoms with Crippen molar-refractivity contribution < 1.29 is 9.59 Å². The number of nitrogens with zero attached hydrogens (tertiary/aromatic N) is 1. The summed E-state index contributed by atoms with van der Waals surface area (Å²) in [4.78, 5) is 25.8. The topological polar surface area (TPSA) is 61.4 Å². The van der Waals surface area contributed by atoms with E-state index < -0.39 is 0 Å². The quantitative estimate of drug-likeness (QED) is 0.882. The molecule has 2 rings (SSSR count). The lowest BCUT2D eigenvalue weighted by atomic mass is 10.0. The van der Waals surface area contributed by atoms with E-state index in [0.717, 1.165) is 25.2 Å². The lowest BCUT2D eigenvalue weighted by Gasteiger charge is -2.35. The van der Waals surface area contributed by atoms with Crippen molar-refractivity contribution in [1.29, 1.82) is 0 Å². The highest BCUT2D eigenvalue weighted by atomic mass is 35.5. The maximum atomic E-state index is 12.5. The standard InChI is InChI=1S/C16H23N3O2.ClH/c1-12-11-17-8-9-19(12)16(21)10-15(18-13(2)20)14-6-4-3-5-7-14;/h3-7,12,15,17H,8-11H2,1-2H3,(H,18,20);1H/t12-,15?;/m1./s1. The third kappa shape index (κ3) is 5.00. The van der Waals surface area contributed by atoms with E-state index in [2.05, 4.69) is 10.6 Å². The Morgan fingerprint density at radius 2 is 2.05 bits per heavy atom. The van der Waals surface area contributed by atoms with Gasteiger partial charge in [0.15, 0.2) is 0 Å². The summed E-state index contributed by atoms with van der Waals surface area (Å²) in [5, 5.41) is 6.15. The van der Waals surface area contributed by atoms with Crippen LogP contribution in [-0.4, -0.2) is 42.4 Å². The van der Waals surface area contributed by atoms with E-state index >= 15 is 0 Å². The molecule has 1 aromatic carbocycles. The highest BCUT2D eigenvalue weighted by Crippen LogP contribution is 2.19. The highest BCUT2D eigenvalue weighted by Gasteiger charge is 2.26. The van der Waals surface area contributed by atoms with E-state index in [1.165, 1.54) is 6.92 Å². The highest BCUT2D eigenvalue weighted by molar-refractivity contribution is 5.85. The number of carbonyl (C=O) groups excluding carboxylic acids is 2. The number of nitrogens with one attached hydrogen (secondary N) is 2. The van der Waals surface area contributed by atoms with E-state index in [9.17, 15) is 9.59 Å². The van der Waals surface area contributed by atoms with Crippen molar-refractivity contribution in [2.75, 3.05) is 19.6 Å². The molecule has 2 atom stereocenters. The zero-order valence-corrected chi connectivity index (χ0v) is 13.9. The van der Waals surface area contributed by atoms with Crippen molar-refractivity contribution in [2.45, 2.75) is 32.4 Å². The van der Waals surface area contributed by atoms with Crippen LogP contribution in [-0.2, 0) is 9.59 Å². The summed E-state index contributed by atoms with van der Waals surface area (Å²) >= 11 is 0. The Bertz CT molecular complexity index is 495. The molecule has 1 aliphatic rings. The van der Waals surface area contributed by atoms with Crippen LogP contribution in [0.5, 0.6) is 0 Å². The van der Waals surface area contributed by atoms with E-state index in [-0.39, 0.29) is 36.3 Å². The molecule has 6 heteroatoms. The van der Waals surface area contributed by atoms with Crippen molar-refractivity contribution in [2.24, 2.45) is 0 Å². The monoisotopic (exact) mass is 325 g/mol. The van der Waals surface area contributed by atoms with Crippen LogP contribution in [0.15, 0.2) is 30.3 Å². The van der Waals surface area contributed by atoms with E-state index in [1.807, 2.05) is 42.2 Å². The minimum atomic E-state index is -0.265. The van der Waals surface area contributed by atoms with Gasteiger partial charge in [0.05, 0.1) is 12.5 Å². The maximum absolute atomic E-state index is 12.5. The van der Waals surface area contributed by atoms with Gasteiger partial charge in [0.25, 0.3) is 0 Å². The Kier molecular flexibility index (Phi) is 7.35. The van der Waals surface area contributed by atoms with Gasteiger partial charge in [-0.15, -0.1) is 12.4 Å². The first-order chi connectivity index (χ1) is 10.1. The Hall–Kier alpha value is -1.59. The second-order valence-corrected chi connectivity index (χ2v) is 5.51. The van der Waals surface area contributed by atoms with Gasteiger partial charge in [-0.3, -0.25) is 9.59 Å². The van der Waals surface area contributed by atoms with Crippen LogP contribution in [0, 0.1) is 0 Å². The first-order valence-corrected chi connectivity index (χ1v) is 7.40. The lowest BCUT2D eigenvalue weighted by Crippen LogP contribution is -2.52. The van der Waals surface area contributed by atoms with E-state index in [1.54, 1.807) is 0 Å². The number of hydrogen-bond acceptors (Lipinski definition) is 3. The number of piperazine rings is 1. The summed E-state index contributed by atoms with van der Waals surface area (Å²) in [6.45, 7) is 5.89. The van der Waals surface area contributed by atoms with Gasteiger partial charge in [0, 0.05) is 32.6 Å². The number of hydrogen-bond donors (Lipinski definition) is 2. The molecular formula is C16H24ClN3O2. The minimum Gasteiger partial charge on any atom is -0.349 e. The molecule has 0 bridgehead atoms. The second-order valence-electron chi connectivity index (χ2n) is 5.51. The largest absolute Gasteiger partial charge is 0.349 e. The molecular weight excluding hydrogens is 302 g/mol. The maximum Gasteiger partial charge on any atom is 0.225 e. The molecule has 5 nitrogen and oxygen atoms in total. The summed E-state index contributed by atoms with van der Waals surface area (Å²) < 4.78 is 0. The molecule has 0 saturated carbocycles. The molecule has 1 heterocycles. The second kappa shape index (κ2) is 8.76. The molecule has 2 N–H and O–H groups in total. The zero-order valence-electron chi connectivity index (χ0n) is 13.0. The van der Waals surface area contributed by atoms with Crippen LogP contribution in [0.4, 0.5) is 0 Å². The predicted octanol–water partition coefficient (Wildman–Crippen LogP) is 1.50. The number of rotatable bonds is 4.